The first kappa shape index (κ1) is 22.4. The van der Waals surface area contributed by atoms with Gasteiger partial charge in [0, 0.05) is 43.3 Å². The molecule has 1 aliphatic carbocycles. The van der Waals surface area contributed by atoms with Crippen molar-refractivity contribution in [2.75, 3.05) is 39.3 Å². The normalized spacial score (nSPS) is 21.5. The van der Waals surface area contributed by atoms with Gasteiger partial charge in [-0.3, -0.25) is 9.69 Å². The molecule has 0 spiro atoms. The summed E-state index contributed by atoms with van der Waals surface area (Å²) in [6, 6.07) is 5.50. The van der Waals surface area contributed by atoms with Gasteiger partial charge in [0.1, 0.15) is 5.75 Å². The summed E-state index contributed by atoms with van der Waals surface area (Å²) in [6.07, 6.45) is 5.61. The van der Waals surface area contributed by atoms with E-state index in [1.807, 2.05) is 32.0 Å². The molecule has 1 amide bonds. The Balaban J connectivity index is 1.58. The lowest BCUT2D eigenvalue weighted by molar-refractivity contribution is -0.128. The van der Waals surface area contributed by atoms with Crippen molar-refractivity contribution >= 4 is 17.5 Å². The highest BCUT2D eigenvalue weighted by atomic mass is 35.5. The molecule has 1 aromatic rings. The SMILES string of the molecule is CCN1CCN(C2(CNC(=O)[C@@H](C)Oc3ccc(Cl)c(C)c3)CCCCC2)CC1. The van der Waals surface area contributed by atoms with Crippen LogP contribution in [-0.4, -0.2) is 66.6 Å². The highest BCUT2D eigenvalue weighted by Crippen LogP contribution is 2.34. The van der Waals surface area contributed by atoms with Gasteiger partial charge in [-0.15, -0.1) is 0 Å². The zero-order valence-electron chi connectivity index (χ0n) is 18.2. The van der Waals surface area contributed by atoms with Crippen LogP contribution in [0.25, 0.3) is 0 Å². The Kier molecular flexibility index (Phi) is 7.83. The molecule has 3 rings (SSSR count). The number of amides is 1. The van der Waals surface area contributed by atoms with Crippen LogP contribution in [0.4, 0.5) is 0 Å². The number of benzene rings is 1. The predicted octanol–water partition coefficient (Wildman–Crippen LogP) is 3.87. The summed E-state index contributed by atoms with van der Waals surface area (Å²) in [5.41, 5.74) is 1.05. The number of rotatable bonds is 7. The molecule has 162 valence electrons. The summed E-state index contributed by atoms with van der Waals surface area (Å²) in [4.78, 5) is 17.9. The van der Waals surface area contributed by atoms with Crippen LogP contribution in [0.5, 0.6) is 5.75 Å². The third kappa shape index (κ3) is 5.65. The number of aryl methyl sites for hydroxylation is 1. The van der Waals surface area contributed by atoms with Crippen molar-refractivity contribution in [3.63, 3.8) is 0 Å². The van der Waals surface area contributed by atoms with Gasteiger partial charge in [-0.05, 0) is 57.0 Å². The summed E-state index contributed by atoms with van der Waals surface area (Å²) in [7, 11) is 0. The zero-order valence-corrected chi connectivity index (χ0v) is 18.9. The minimum absolute atomic E-state index is 0.0465. The van der Waals surface area contributed by atoms with Crippen LogP contribution in [0.3, 0.4) is 0 Å². The van der Waals surface area contributed by atoms with Gasteiger partial charge in [-0.2, -0.15) is 0 Å². The molecule has 1 atom stereocenters. The van der Waals surface area contributed by atoms with E-state index >= 15 is 0 Å². The summed E-state index contributed by atoms with van der Waals surface area (Å²) in [5.74, 6) is 0.632. The van der Waals surface area contributed by atoms with Crippen molar-refractivity contribution in [2.45, 2.75) is 64.5 Å². The van der Waals surface area contributed by atoms with Gasteiger partial charge in [0.25, 0.3) is 5.91 Å². The van der Waals surface area contributed by atoms with Gasteiger partial charge in [0.05, 0.1) is 0 Å². The second-order valence-corrected chi connectivity index (χ2v) is 9.00. The minimum atomic E-state index is -0.534. The van der Waals surface area contributed by atoms with Crippen molar-refractivity contribution in [3.05, 3.63) is 28.8 Å². The van der Waals surface area contributed by atoms with E-state index in [9.17, 15) is 4.79 Å². The average molecular weight is 422 g/mol. The molecule has 1 saturated carbocycles. The Bertz CT molecular complexity index is 683. The molecular weight excluding hydrogens is 386 g/mol. The number of halogens is 1. The van der Waals surface area contributed by atoms with Crippen molar-refractivity contribution < 1.29 is 9.53 Å². The topological polar surface area (TPSA) is 44.8 Å². The number of hydrogen-bond acceptors (Lipinski definition) is 4. The predicted molar refractivity (Wildman–Crippen MR) is 119 cm³/mol. The van der Waals surface area contributed by atoms with E-state index in [1.54, 1.807) is 0 Å². The van der Waals surface area contributed by atoms with E-state index < -0.39 is 6.10 Å². The molecule has 2 fully saturated rings. The smallest absolute Gasteiger partial charge is 0.260 e. The highest BCUT2D eigenvalue weighted by molar-refractivity contribution is 6.31. The molecular formula is C23H36ClN3O2. The molecule has 6 heteroatoms. The fourth-order valence-electron chi connectivity index (χ4n) is 4.70. The lowest BCUT2D eigenvalue weighted by Gasteiger charge is -2.50. The van der Waals surface area contributed by atoms with Crippen LogP contribution in [0.1, 0.15) is 51.5 Å². The first-order valence-corrected chi connectivity index (χ1v) is 11.5. The highest BCUT2D eigenvalue weighted by Gasteiger charge is 2.39. The molecule has 1 heterocycles. The van der Waals surface area contributed by atoms with E-state index in [4.69, 9.17) is 16.3 Å². The van der Waals surface area contributed by atoms with E-state index in [1.165, 1.54) is 32.1 Å². The first-order valence-electron chi connectivity index (χ1n) is 11.1. The van der Waals surface area contributed by atoms with E-state index in [0.29, 0.717) is 17.3 Å². The average Bonchev–Trinajstić information content (AvgIpc) is 2.75. The van der Waals surface area contributed by atoms with Gasteiger partial charge in [-0.25, -0.2) is 0 Å². The fraction of sp³-hybridized carbons (Fsp3) is 0.696. The Morgan fingerprint density at radius 1 is 1.21 bits per heavy atom. The molecule has 0 radical (unpaired) electrons. The molecule has 1 saturated heterocycles. The number of nitrogens with one attached hydrogen (secondary N) is 1. The maximum absolute atomic E-state index is 12.8. The molecule has 0 bridgehead atoms. The van der Waals surface area contributed by atoms with E-state index in [0.717, 1.165) is 38.3 Å². The zero-order chi connectivity index (χ0) is 20.9. The van der Waals surface area contributed by atoms with Gasteiger partial charge in [-0.1, -0.05) is 37.8 Å². The number of carbonyl (C=O) groups excluding carboxylic acids is 1. The molecule has 0 unspecified atom stereocenters. The van der Waals surface area contributed by atoms with Gasteiger partial charge in [0.15, 0.2) is 6.10 Å². The van der Waals surface area contributed by atoms with Crippen LogP contribution >= 0.6 is 11.6 Å². The number of hydrogen-bond donors (Lipinski definition) is 1. The van der Waals surface area contributed by atoms with Crippen molar-refractivity contribution in [3.8, 4) is 5.75 Å². The summed E-state index contributed by atoms with van der Waals surface area (Å²) in [6.45, 7) is 12.3. The molecule has 1 aromatic carbocycles. The van der Waals surface area contributed by atoms with Crippen LogP contribution in [0, 0.1) is 6.92 Å². The summed E-state index contributed by atoms with van der Waals surface area (Å²) >= 11 is 6.08. The number of likely N-dealkylation sites (N-methyl/N-ethyl adjacent to an activating group) is 1. The largest absolute Gasteiger partial charge is 0.481 e. The monoisotopic (exact) mass is 421 g/mol. The maximum atomic E-state index is 12.8. The molecule has 1 aliphatic heterocycles. The third-order valence-electron chi connectivity index (χ3n) is 6.68. The standard InChI is InChI=1S/C23H36ClN3O2/c1-4-26-12-14-27(15-13-26)23(10-6-5-7-11-23)17-25-22(28)19(3)29-20-8-9-21(24)18(2)16-20/h8-9,16,19H,4-7,10-15,17H2,1-3H3,(H,25,28)/t19-/m1/s1. The first-order chi connectivity index (χ1) is 13.9. The molecule has 29 heavy (non-hydrogen) atoms. The van der Waals surface area contributed by atoms with Gasteiger partial charge in [0.2, 0.25) is 0 Å². The fourth-order valence-corrected chi connectivity index (χ4v) is 4.81. The number of nitrogens with zero attached hydrogens (tertiary/aromatic N) is 2. The second-order valence-electron chi connectivity index (χ2n) is 8.60. The Morgan fingerprint density at radius 3 is 2.52 bits per heavy atom. The van der Waals surface area contributed by atoms with Crippen LogP contribution < -0.4 is 10.1 Å². The van der Waals surface area contributed by atoms with Crippen LogP contribution in [0.2, 0.25) is 5.02 Å². The molecule has 5 nitrogen and oxygen atoms in total. The van der Waals surface area contributed by atoms with E-state index in [-0.39, 0.29) is 11.4 Å². The van der Waals surface area contributed by atoms with Crippen molar-refractivity contribution in [1.29, 1.82) is 0 Å². The lowest BCUT2D eigenvalue weighted by Crippen LogP contribution is -2.62. The van der Waals surface area contributed by atoms with Crippen LogP contribution in [-0.2, 0) is 4.79 Å². The third-order valence-corrected chi connectivity index (χ3v) is 7.10. The van der Waals surface area contributed by atoms with Gasteiger partial charge < -0.3 is 15.0 Å². The molecule has 1 N–H and O–H groups in total. The van der Waals surface area contributed by atoms with E-state index in [2.05, 4.69) is 22.0 Å². The summed E-state index contributed by atoms with van der Waals surface area (Å²) < 4.78 is 5.87. The summed E-state index contributed by atoms with van der Waals surface area (Å²) in [5, 5.41) is 3.92. The second kappa shape index (κ2) is 10.1. The quantitative estimate of drug-likeness (QED) is 0.725. The van der Waals surface area contributed by atoms with Crippen molar-refractivity contribution in [2.24, 2.45) is 0 Å². The van der Waals surface area contributed by atoms with Gasteiger partial charge >= 0.3 is 0 Å². The maximum Gasteiger partial charge on any atom is 0.260 e. The van der Waals surface area contributed by atoms with Crippen molar-refractivity contribution in [1.82, 2.24) is 15.1 Å². The number of ether oxygens (including phenoxy) is 1. The molecule has 0 aromatic heterocycles. The Hall–Kier alpha value is -1.30. The lowest BCUT2D eigenvalue weighted by atomic mass is 9.79. The Labute approximate surface area is 180 Å². The molecule has 2 aliphatic rings. The minimum Gasteiger partial charge on any atom is -0.481 e. The van der Waals surface area contributed by atoms with Crippen LogP contribution in [0.15, 0.2) is 18.2 Å². The number of carbonyl (C=O) groups is 1. The number of piperazine rings is 1. The Morgan fingerprint density at radius 2 is 1.90 bits per heavy atom.